The summed E-state index contributed by atoms with van der Waals surface area (Å²) in [4.78, 5) is 13.9. The molecule has 0 N–H and O–H groups in total. The van der Waals surface area contributed by atoms with Crippen molar-refractivity contribution in [1.29, 1.82) is 0 Å². The Hall–Kier alpha value is -1.02. The molecule has 1 saturated heterocycles. The maximum absolute atomic E-state index is 11.9. The van der Waals surface area contributed by atoms with E-state index in [4.69, 9.17) is 11.6 Å². The van der Waals surface area contributed by atoms with Crippen LogP contribution in [0.5, 0.6) is 0 Å². The Balaban J connectivity index is 1.66. The Kier molecular flexibility index (Phi) is 2.83. The summed E-state index contributed by atoms with van der Waals surface area (Å²) in [6.07, 6.45) is 2.03. The number of hydrogen-bond donors (Lipinski definition) is 0. The number of alkyl halides is 1. The van der Waals surface area contributed by atoms with E-state index in [0.29, 0.717) is 17.7 Å². The Labute approximate surface area is 107 Å². The molecule has 1 saturated carbocycles. The Morgan fingerprint density at radius 2 is 1.88 bits per heavy atom. The van der Waals surface area contributed by atoms with Crippen molar-refractivity contribution in [3.8, 4) is 0 Å². The summed E-state index contributed by atoms with van der Waals surface area (Å²) in [5, 5.41) is 0. The van der Waals surface area contributed by atoms with Gasteiger partial charge >= 0.3 is 0 Å². The number of carbonyl (C=O) groups excluding carboxylic acids is 1. The van der Waals surface area contributed by atoms with Gasteiger partial charge in [-0.2, -0.15) is 0 Å². The summed E-state index contributed by atoms with van der Waals surface area (Å²) in [6, 6.07) is 8.22. The Morgan fingerprint density at radius 3 is 2.59 bits per heavy atom. The molecular weight excluding hydrogens is 234 g/mol. The molecule has 2 nitrogen and oxygen atoms in total. The molecule has 1 aromatic rings. The van der Waals surface area contributed by atoms with Crippen LogP contribution in [0.3, 0.4) is 0 Å². The van der Waals surface area contributed by atoms with Crippen LogP contribution >= 0.6 is 11.6 Å². The second-order valence-corrected chi connectivity index (χ2v) is 5.45. The molecule has 90 valence electrons. The molecule has 1 aliphatic heterocycles. The molecule has 1 aliphatic carbocycles. The van der Waals surface area contributed by atoms with Gasteiger partial charge in [0.05, 0.1) is 0 Å². The Bertz CT molecular complexity index is 428. The fraction of sp³-hybridized carbons (Fsp3) is 0.500. The van der Waals surface area contributed by atoms with Gasteiger partial charge < -0.3 is 4.90 Å². The number of piperidine rings is 1. The first-order chi connectivity index (χ1) is 8.26. The van der Waals surface area contributed by atoms with Crippen LogP contribution < -0.4 is 0 Å². The van der Waals surface area contributed by atoms with Crippen LogP contribution in [0.25, 0.3) is 0 Å². The number of hydrogen-bond acceptors (Lipinski definition) is 1. The molecule has 3 rings (SSSR count). The maximum atomic E-state index is 11.9. The standard InChI is InChI=1S/C14H16ClNO/c15-7-10-1-3-11(4-2-10)8-16-9-13-5-12(13)6-14(16)17/h1-4,12-13H,5-9H2. The summed E-state index contributed by atoms with van der Waals surface area (Å²) in [5.74, 6) is 2.37. The van der Waals surface area contributed by atoms with E-state index in [9.17, 15) is 4.79 Å². The molecule has 17 heavy (non-hydrogen) atoms. The molecule has 0 bridgehead atoms. The number of nitrogens with zero attached hydrogens (tertiary/aromatic N) is 1. The zero-order chi connectivity index (χ0) is 11.8. The van der Waals surface area contributed by atoms with E-state index in [-0.39, 0.29) is 0 Å². The lowest BCUT2D eigenvalue weighted by Gasteiger charge is -2.26. The topological polar surface area (TPSA) is 20.3 Å². The van der Waals surface area contributed by atoms with E-state index in [1.54, 1.807) is 0 Å². The van der Waals surface area contributed by atoms with Gasteiger partial charge in [-0.05, 0) is 29.4 Å². The monoisotopic (exact) mass is 249 g/mol. The summed E-state index contributed by atoms with van der Waals surface area (Å²) >= 11 is 5.75. The van der Waals surface area contributed by atoms with Gasteiger partial charge in [-0.25, -0.2) is 0 Å². The average molecular weight is 250 g/mol. The average Bonchev–Trinajstić information content (AvgIpc) is 3.08. The molecule has 0 spiro atoms. The molecule has 0 aromatic heterocycles. The smallest absolute Gasteiger partial charge is 0.223 e. The second-order valence-electron chi connectivity index (χ2n) is 5.18. The fourth-order valence-corrected chi connectivity index (χ4v) is 2.81. The van der Waals surface area contributed by atoms with E-state index in [2.05, 4.69) is 12.1 Å². The summed E-state index contributed by atoms with van der Waals surface area (Å²) in [5.41, 5.74) is 2.33. The summed E-state index contributed by atoms with van der Waals surface area (Å²) in [7, 11) is 0. The number of fused-ring (bicyclic) bond motifs is 1. The normalized spacial score (nSPS) is 26.9. The van der Waals surface area contributed by atoms with Crippen LogP contribution in [-0.4, -0.2) is 17.4 Å². The van der Waals surface area contributed by atoms with Crippen molar-refractivity contribution in [2.75, 3.05) is 6.54 Å². The number of carbonyl (C=O) groups is 1. The van der Waals surface area contributed by atoms with Crippen molar-refractivity contribution >= 4 is 17.5 Å². The zero-order valence-corrected chi connectivity index (χ0v) is 10.5. The lowest BCUT2D eigenvalue weighted by atomic mass is 10.1. The molecule has 2 aliphatic rings. The van der Waals surface area contributed by atoms with E-state index >= 15 is 0 Å². The van der Waals surface area contributed by atoms with Gasteiger partial charge in [-0.3, -0.25) is 4.79 Å². The molecule has 2 atom stereocenters. The number of halogens is 1. The highest BCUT2D eigenvalue weighted by Crippen LogP contribution is 2.45. The first-order valence-electron chi connectivity index (χ1n) is 6.18. The number of rotatable bonds is 3. The highest BCUT2D eigenvalue weighted by Gasteiger charge is 2.44. The molecule has 1 heterocycles. The van der Waals surface area contributed by atoms with E-state index in [1.165, 1.54) is 12.0 Å². The fourth-order valence-electron chi connectivity index (χ4n) is 2.63. The number of amides is 1. The van der Waals surface area contributed by atoms with Crippen LogP contribution in [0.2, 0.25) is 0 Å². The van der Waals surface area contributed by atoms with Gasteiger partial charge in [0.25, 0.3) is 0 Å². The van der Waals surface area contributed by atoms with E-state index in [0.717, 1.165) is 31.0 Å². The number of benzene rings is 1. The van der Waals surface area contributed by atoms with Crippen molar-refractivity contribution in [3.63, 3.8) is 0 Å². The van der Waals surface area contributed by atoms with E-state index in [1.807, 2.05) is 17.0 Å². The predicted octanol–water partition coefficient (Wildman–Crippen LogP) is 2.79. The quantitative estimate of drug-likeness (QED) is 0.755. The molecule has 0 radical (unpaired) electrons. The van der Waals surface area contributed by atoms with Crippen LogP contribution in [0.15, 0.2) is 24.3 Å². The van der Waals surface area contributed by atoms with Crippen molar-refractivity contribution in [3.05, 3.63) is 35.4 Å². The Morgan fingerprint density at radius 1 is 1.18 bits per heavy atom. The first-order valence-corrected chi connectivity index (χ1v) is 6.71. The first kappa shape index (κ1) is 11.1. The van der Waals surface area contributed by atoms with Crippen LogP contribution in [0.4, 0.5) is 0 Å². The van der Waals surface area contributed by atoms with Crippen LogP contribution in [0, 0.1) is 11.8 Å². The predicted molar refractivity (Wildman–Crippen MR) is 67.6 cm³/mol. The van der Waals surface area contributed by atoms with Gasteiger partial charge in [0, 0.05) is 25.4 Å². The largest absolute Gasteiger partial charge is 0.338 e. The number of likely N-dealkylation sites (tertiary alicyclic amines) is 1. The van der Waals surface area contributed by atoms with Crippen molar-refractivity contribution in [2.24, 2.45) is 11.8 Å². The third-order valence-corrected chi connectivity index (χ3v) is 4.17. The minimum atomic E-state index is 0.324. The SMILES string of the molecule is O=C1CC2CC2CN1Cc1ccc(CCl)cc1. The van der Waals surface area contributed by atoms with Gasteiger partial charge in [-0.1, -0.05) is 24.3 Å². The highest BCUT2D eigenvalue weighted by molar-refractivity contribution is 6.17. The molecule has 1 aromatic carbocycles. The molecule has 3 heteroatoms. The highest BCUT2D eigenvalue weighted by atomic mass is 35.5. The van der Waals surface area contributed by atoms with Gasteiger partial charge in [0.2, 0.25) is 5.91 Å². The van der Waals surface area contributed by atoms with Gasteiger partial charge in [0.15, 0.2) is 0 Å². The maximum Gasteiger partial charge on any atom is 0.223 e. The third-order valence-electron chi connectivity index (χ3n) is 3.86. The minimum absolute atomic E-state index is 0.324. The minimum Gasteiger partial charge on any atom is -0.338 e. The molecular formula is C14H16ClNO. The van der Waals surface area contributed by atoms with Crippen LogP contribution in [0.1, 0.15) is 24.0 Å². The molecule has 1 amide bonds. The third kappa shape index (κ3) is 2.32. The zero-order valence-electron chi connectivity index (χ0n) is 9.73. The summed E-state index contributed by atoms with van der Waals surface area (Å²) in [6.45, 7) is 1.71. The van der Waals surface area contributed by atoms with Crippen molar-refractivity contribution < 1.29 is 4.79 Å². The lowest BCUT2D eigenvalue weighted by Crippen LogP contribution is -2.36. The van der Waals surface area contributed by atoms with Gasteiger partial charge in [0.1, 0.15) is 0 Å². The summed E-state index contributed by atoms with van der Waals surface area (Å²) < 4.78 is 0. The van der Waals surface area contributed by atoms with Crippen LogP contribution in [-0.2, 0) is 17.2 Å². The van der Waals surface area contributed by atoms with Crippen molar-refractivity contribution in [1.82, 2.24) is 4.90 Å². The van der Waals surface area contributed by atoms with Crippen molar-refractivity contribution in [2.45, 2.75) is 25.3 Å². The molecule has 2 fully saturated rings. The lowest BCUT2D eigenvalue weighted by molar-refractivity contribution is -0.134. The second kappa shape index (κ2) is 4.34. The van der Waals surface area contributed by atoms with Gasteiger partial charge in [-0.15, -0.1) is 11.6 Å². The molecule has 2 unspecified atom stereocenters. The van der Waals surface area contributed by atoms with E-state index < -0.39 is 0 Å².